The molecule has 0 bridgehead atoms. The van der Waals surface area contributed by atoms with Gasteiger partial charge in [-0.15, -0.1) is 0 Å². The van der Waals surface area contributed by atoms with Gasteiger partial charge in [0.1, 0.15) is 0 Å². The monoisotopic (exact) mass is 358 g/mol. The highest BCUT2D eigenvalue weighted by Crippen LogP contribution is 2.18. The van der Waals surface area contributed by atoms with Crippen LogP contribution in [0.1, 0.15) is 48.0 Å². The lowest BCUT2D eigenvalue weighted by Crippen LogP contribution is -2.52. The summed E-state index contributed by atoms with van der Waals surface area (Å²) in [6.07, 6.45) is 5.93. The zero-order valence-electron chi connectivity index (χ0n) is 15.7. The van der Waals surface area contributed by atoms with E-state index in [2.05, 4.69) is 10.2 Å². The Bertz CT molecular complexity index is 647. The van der Waals surface area contributed by atoms with Crippen molar-refractivity contribution in [3.05, 3.63) is 29.3 Å². The van der Waals surface area contributed by atoms with Gasteiger partial charge in [-0.3, -0.25) is 14.5 Å². The number of nitrogens with two attached hydrogens (primary N) is 1. The molecule has 1 saturated carbocycles. The van der Waals surface area contributed by atoms with Crippen molar-refractivity contribution in [2.24, 2.45) is 0 Å². The summed E-state index contributed by atoms with van der Waals surface area (Å²) in [5, 5.41) is 3.16. The van der Waals surface area contributed by atoms with Crippen LogP contribution in [-0.2, 0) is 4.79 Å². The normalized spacial score (nSPS) is 19.3. The Hall–Kier alpha value is -2.08. The smallest absolute Gasteiger partial charge is 0.254 e. The minimum atomic E-state index is 0.0288. The summed E-state index contributed by atoms with van der Waals surface area (Å²) < 4.78 is 0. The lowest BCUT2D eigenvalue weighted by Gasteiger charge is -2.35. The number of nitrogens with zero attached hydrogens (tertiary/aromatic N) is 2. The third-order valence-corrected chi connectivity index (χ3v) is 5.49. The van der Waals surface area contributed by atoms with E-state index in [0.29, 0.717) is 36.9 Å². The van der Waals surface area contributed by atoms with Crippen molar-refractivity contribution >= 4 is 17.5 Å². The Kier molecular flexibility index (Phi) is 6.14. The molecule has 6 nitrogen and oxygen atoms in total. The summed E-state index contributed by atoms with van der Waals surface area (Å²) >= 11 is 0. The first-order valence-corrected chi connectivity index (χ1v) is 9.70. The van der Waals surface area contributed by atoms with E-state index >= 15 is 0 Å². The third kappa shape index (κ3) is 4.75. The molecule has 2 fully saturated rings. The predicted molar refractivity (Wildman–Crippen MR) is 103 cm³/mol. The van der Waals surface area contributed by atoms with Gasteiger partial charge in [-0.1, -0.05) is 25.3 Å². The first kappa shape index (κ1) is 18.7. The van der Waals surface area contributed by atoms with E-state index in [1.54, 1.807) is 6.07 Å². The van der Waals surface area contributed by atoms with E-state index in [1.165, 1.54) is 19.3 Å². The van der Waals surface area contributed by atoms with Crippen LogP contribution >= 0.6 is 0 Å². The number of amides is 2. The molecule has 1 aliphatic carbocycles. The van der Waals surface area contributed by atoms with Gasteiger partial charge in [0.25, 0.3) is 5.91 Å². The number of aryl methyl sites for hydroxylation is 1. The zero-order valence-corrected chi connectivity index (χ0v) is 15.7. The fraction of sp³-hybridized carbons (Fsp3) is 0.600. The Balaban J connectivity index is 1.47. The molecule has 1 saturated heterocycles. The molecule has 0 aromatic heterocycles. The largest absolute Gasteiger partial charge is 0.399 e. The molecule has 3 rings (SSSR count). The number of anilines is 1. The Morgan fingerprint density at radius 2 is 1.81 bits per heavy atom. The summed E-state index contributed by atoms with van der Waals surface area (Å²) in [5.74, 6) is 0.143. The summed E-state index contributed by atoms with van der Waals surface area (Å²) in [5.41, 5.74) is 8.05. The molecule has 0 radical (unpaired) electrons. The van der Waals surface area contributed by atoms with Crippen molar-refractivity contribution in [3.8, 4) is 0 Å². The summed E-state index contributed by atoms with van der Waals surface area (Å²) in [7, 11) is 0. The number of carbonyl (C=O) groups excluding carboxylic acids is 2. The van der Waals surface area contributed by atoms with Crippen molar-refractivity contribution in [3.63, 3.8) is 0 Å². The zero-order chi connectivity index (χ0) is 18.5. The highest BCUT2D eigenvalue weighted by molar-refractivity contribution is 5.96. The van der Waals surface area contributed by atoms with Gasteiger partial charge in [0.05, 0.1) is 6.54 Å². The molecule has 6 heteroatoms. The Labute approximate surface area is 155 Å². The van der Waals surface area contributed by atoms with Crippen LogP contribution in [0.5, 0.6) is 0 Å². The van der Waals surface area contributed by atoms with Gasteiger partial charge in [0.15, 0.2) is 0 Å². The van der Waals surface area contributed by atoms with Crippen LogP contribution in [0, 0.1) is 6.92 Å². The van der Waals surface area contributed by atoms with Gasteiger partial charge >= 0.3 is 0 Å². The highest BCUT2D eigenvalue weighted by Gasteiger charge is 2.25. The SMILES string of the molecule is Cc1ccc(N)cc1C(=O)N1CCN(CC(=O)NC2CCCCC2)CC1. The lowest BCUT2D eigenvalue weighted by molar-refractivity contribution is -0.123. The van der Waals surface area contributed by atoms with Crippen LogP contribution < -0.4 is 11.1 Å². The molecular weight excluding hydrogens is 328 g/mol. The maximum atomic E-state index is 12.7. The van der Waals surface area contributed by atoms with Gasteiger partial charge in [-0.25, -0.2) is 0 Å². The van der Waals surface area contributed by atoms with Crippen LogP contribution in [-0.4, -0.2) is 60.4 Å². The lowest BCUT2D eigenvalue weighted by atomic mass is 9.95. The van der Waals surface area contributed by atoms with E-state index in [1.807, 2.05) is 24.0 Å². The van der Waals surface area contributed by atoms with E-state index in [4.69, 9.17) is 5.73 Å². The fourth-order valence-electron chi connectivity index (χ4n) is 3.87. The summed E-state index contributed by atoms with van der Waals surface area (Å²) in [6, 6.07) is 5.80. The molecule has 1 aromatic carbocycles. The summed E-state index contributed by atoms with van der Waals surface area (Å²) in [6.45, 7) is 5.10. The van der Waals surface area contributed by atoms with Gasteiger partial charge in [-0.05, 0) is 37.5 Å². The van der Waals surface area contributed by atoms with Crippen molar-refractivity contribution in [1.82, 2.24) is 15.1 Å². The van der Waals surface area contributed by atoms with Crippen LogP contribution in [0.15, 0.2) is 18.2 Å². The third-order valence-electron chi connectivity index (χ3n) is 5.49. The van der Waals surface area contributed by atoms with E-state index in [0.717, 1.165) is 31.5 Å². The fourth-order valence-corrected chi connectivity index (χ4v) is 3.87. The van der Waals surface area contributed by atoms with Gasteiger partial charge in [0, 0.05) is 43.5 Å². The van der Waals surface area contributed by atoms with Crippen molar-refractivity contribution < 1.29 is 9.59 Å². The quantitative estimate of drug-likeness (QED) is 0.804. The standard InChI is InChI=1S/C20H30N4O2/c1-15-7-8-16(21)13-18(15)20(26)24-11-9-23(10-12-24)14-19(25)22-17-5-3-2-4-6-17/h7-8,13,17H,2-6,9-12,14,21H2,1H3,(H,22,25). The number of carbonyl (C=O) groups is 2. The second-order valence-corrected chi connectivity index (χ2v) is 7.55. The molecule has 0 spiro atoms. The van der Waals surface area contributed by atoms with Crippen LogP contribution in [0.25, 0.3) is 0 Å². The predicted octanol–water partition coefficient (Wildman–Crippen LogP) is 1.78. The first-order valence-electron chi connectivity index (χ1n) is 9.70. The van der Waals surface area contributed by atoms with Crippen molar-refractivity contribution in [2.45, 2.75) is 45.1 Å². The number of piperazine rings is 1. The maximum absolute atomic E-state index is 12.7. The maximum Gasteiger partial charge on any atom is 0.254 e. The van der Waals surface area contributed by atoms with Crippen LogP contribution in [0.2, 0.25) is 0 Å². The number of hydrogen-bond acceptors (Lipinski definition) is 4. The van der Waals surface area contributed by atoms with E-state index in [-0.39, 0.29) is 11.8 Å². The van der Waals surface area contributed by atoms with E-state index < -0.39 is 0 Å². The number of nitrogen functional groups attached to an aromatic ring is 1. The second-order valence-electron chi connectivity index (χ2n) is 7.55. The number of rotatable bonds is 4. The van der Waals surface area contributed by atoms with E-state index in [9.17, 15) is 9.59 Å². The minimum Gasteiger partial charge on any atom is -0.399 e. The molecule has 1 aromatic rings. The molecule has 26 heavy (non-hydrogen) atoms. The molecule has 1 heterocycles. The van der Waals surface area contributed by atoms with Crippen LogP contribution in [0.3, 0.4) is 0 Å². The number of benzene rings is 1. The molecular formula is C20H30N4O2. The molecule has 142 valence electrons. The average Bonchev–Trinajstić information content (AvgIpc) is 2.64. The van der Waals surface area contributed by atoms with Gasteiger partial charge in [-0.2, -0.15) is 0 Å². The van der Waals surface area contributed by atoms with Crippen LogP contribution in [0.4, 0.5) is 5.69 Å². The van der Waals surface area contributed by atoms with Gasteiger partial charge < -0.3 is 16.0 Å². The molecule has 1 aliphatic heterocycles. The number of hydrogen-bond donors (Lipinski definition) is 2. The Morgan fingerprint density at radius 1 is 1.12 bits per heavy atom. The number of nitrogens with one attached hydrogen (secondary N) is 1. The second kappa shape index (κ2) is 8.54. The van der Waals surface area contributed by atoms with Gasteiger partial charge in [0.2, 0.25) is 5.91 Å². The molecule has 0 unspecified atom stereocenters. The molecule has 0 atom stereocenters. The highest BCUT2D eigenvalue weighted by atomic mass is 16.2. The molecule has 3 N–H and O–H groups in total. The molecule has 2 aliphatic rings. The first-order chi connectivity index (χ1) is 12.5. The van der Waals surface area contributed by atoms with Crippen molar-refractivity contribution in [2.75, 3.05) is 38.5 Å². The Morgan fingerprint density at radius 3 is 2.50 bits per heavy atom. The topological polar surface area (TPSA) is 78.7 Å². The summed E-state index contributed by atoms with van der Waals surface area (Å²) in [4.78, 5) is 29.0. The molecule has 2 amide bonds. The minimum absolute atomic E-state index is 0.0288. The van der Waals surface area contributed by atoms with Crippen molar-refractivity contribution in [1.29, 1.82) is 0 Å². The average molecular weight is 358 g/mol.